The summed E-state index contributed by atoms with van der Waals surface area (Å²) in [5.41, 5.74) is 2.20. The number of rotatable bonds is 4. The van der Waals surface area contributed by atoms with Crippen LogP contribution in [-0.4, -0.2) is 25.0 Å². The molecule has 120 valence electrons. The minimum atomic E-state index is -0.217. The molecule has 0 saturated carbocycles. The molecule has 0 aliphatic carbocycles. The zero-order valence-corrected chi connectivity index (χ0v) is 13.7. The van der Waals surface area contributed by atoms with E-state index in [1.165, 1.54) is 6.08 Å². The number of carbonyl (C=O) groups excluding carboxylic acids is 1. The highest BCUT2D eigenvalue weighted by atomic mass is 16.3. The highest BCUT2D eigenvalue weighted by Crippen LogP contribution is 2.21. The molecule has 1 N–H and O–H groups in total. The average molecular weight is 317 g/mol. The van der Waals surface area contributed by atoms with Gasteiger partial charge in [0.25, 0.3) is 0 Å². The molecule has 0 unspecified atom stereocenters. The predicted octanol–water partition coefficient (Wildman–Crippen LogP) is 4.69. The molecule has 0 fully saturated rings. The molecule has 0 heterocycles. The van der Waals surface area contributed by atoms with Crippen LogP contribution in [0.5, 0.6) is 0 Å². The molecule has 0 radical (unpaired) electrons. The second-order valence-corrected chi connectivity index (χ2v) is 5.90. The van der Waals surface area contributed by atoms with Crippen molar-refractivity contribution in [2.45, 2.75) is 0 Å². The van der Waals surface area contributed by atoms with E-state index in [2.05, 4.69) is 0 Å². The maximum Gasteiger partial charge on any atom is 0.189 e. The molecule has 0 aromatic heterocycles. The fourth-order valence-corrected chi connectivity index (χ4v) is 2.56. The Kier molecular flexibility index (Phi) is 4.34. The van der Waals surface area contributed by atoms with E-state index in [0.717, 1.165) is 16.5 Å². The van der Waals surface area contributed by atoms with Crippen LogP contribution in [0.15, 0.2) is 72.8 Å². The van der Waals surface area contributed by atoms with Crippen molar-refractivity contribution >= 4 is 28.0 Å². The standard InChI is InChI=1S/C21H19NO2/c1-22(2)19-11-9-16(10-12-19)20(23)14-21(24)18-8-7-15-5-3-4-6-17(15)13-18/h3-14,24H,1-2H3/b21-14-. The Bertz CT molecular complexity index is 909. The van der Waals surface area contributed by atoms with E-state index < -0.39 is 0 Å². The summed E-state index contributed by atoms with van der Waals surface area (Å²) in [4.78, 5) is 14.3. The largest absolute Gasteiger partial charge is 0.507 e. The topological polar surface area (TPSA) is 40.5 Å². The number of nitrogens with zero attached hydrogens (tertiary/aromatic N) is 1. The number of fused-ring (bicyclic) bond motifs is 1. The lowest BCUT2D eigenvalue weighted by molar-refractivity contribution is 0.104. The number of carbonyl (C=O) groups is 1. The number of benzene rings is 3. The average Bonchev–Trinajstić information content (AvgIpc) is 2.61. The highest BCUT2D eigenvalue weighted by molar-refractivity contribution is 6.08. The third-order valence-corrected chi connectivity index (χ3v) is 3.98. The van der Waals surface area contributed by atoms with Gasteiger partial charge in [0, 0.05) is 37.0 Å². The van der Waals surface area contributed by atoms with Crippen LogP contribution >= 0.6 is 0 Å². The third-order valence-electron chi connectivity index (χ3n) is 3.98. The molecule has 0 aliphatic heterocycles. The molecule has 3 nitrogen and oxygen atoms in total. The van der Waals surface area contributed by atoms with Crippen LogP contribution in [-0.2, 0) is 0 Å². The first kappa shape index (κ1) is 15.8. The quantitative estimate of drug-likeness (QED) is 0.431. The molecule has 3 aromatic carbocycles. The maximum atomic E-state index is 12.3. The van der Waals surface area contributed by atoms with Gasteiger partial charge >= 0.3 is 0 Å². The highest BCUT2D eigenvalue weighted by Gasteiger charge is 2.07. The lowest BCUT2D eigenvalue weighted by Gasteiger charge is -2.12. The number of anilines is 1. The number of ketones is 1. The Hall–Kier alpha value is -3.07. The Morgan fingerprint density at radius 1 is 0.875 bits per heavy atom. The van der Waals surface area contributed by atoms with E-state index >= 15 is 0 Å². The van der Waals surface area contributed by atoms with Crippen molar-refractivity contribution in [3.05, 3.63) is 83.9 Å². The molecule has 3 rings (SSSR count). The fourth-order valence-electron chi connectivity index (χ4n) is 2.56. The first-order valence-corrected chi connectivity index (χ1v) is 7.76. The van der Waals surface area contributed by atoms with Gasteiger partial charge in [-0.25, -0.2) is 0 Å². The minimum Gasteiger partial charge on any atom is -0.507 e. The van der Waals surface area contributed by atoms with Crippen LogP contribution in [0.3, 0.4) is 0 Å². The number of hydrogen-bond donors (Lipinski definition) is 1. The van der Waals surface area contributed by atoms with E-state index in [4.69, 9.17) is 0 Å². The van der Waals surface area contributed by atoms with Gasteiger partial charge in [0.2, 0.25) is 0 Å². The molecule has 0 spiro atoms. The number of allylic oxidation sites excluding steroid dienone is 1. The Morgan fingerprint density at radius 3 is 2.17 bits per heavy atom. The van der Waals surface area contributed by atoms with Gasteiger partial charge in [-0.2, -0.15) is 0 Å². The summed E-state index contributed by atoms with van der Waals surface area (Å²) in [5, 5.41) is 12.4. The molecule has 3 heteroatoms. The van der Waals surface area contributed by atoms with Gasteiger partial charge in [0.15, 0.2) is 5.78 Å². The summed E-state index contributed by atoms with van der Waals surface area (Å²) in [6.45, 7) is 0. The summed E-state index contributed by atoms with van der Waals surface area (Å²) >= 11 is 0. The minimum absolute atomic E-state index is 0.0255. The molecule has 0 atom stereocenters. The Morgan fingerprint density at radius 2 is 1.50 bits per heavy atom. The number of aliphatic hydroxyl groups is 1. The second kappa shape index (κ2) is 6.59. The van der Waals surface area contributed by atoms with Gasteiger partial charge in [0.1, 0.15) is 5.76 Å². The van der Waals surface area contributed by atoms with Gasteiger partial charge in [-0.15, -0.1) is 0 Å². The van der Waals surface area contributed by atoms with Crippen molar-refractivity contribution in [3.8, 4) is 0 Å². The summed E-state index contributed by atoms with van der Waals surface area (Å²) < 4.78 is 0. The lowest BCUT2D eigenvalue weighted by Crippen LogP contribution is -2.08. The van der Waals surface area contributed by atoms with Crippen molar-refractivity contribution in [2.75, 3.05) is 19.0 Å². The molecule has 0 bridgehead atoms. The van der Waals surface area contributed by atoms with E-state index in [1.807, 2.05) is 73.6 Å². The summed E-state index contributed by atoms with van der Waals surface area (Å²) in [7, 11) is 3.89. The second-order valence-electron chi connectivity index (χ2n) is 5.90. The zero-order chi connectivity index (χ0) is 17.1. The monoisotopic (exact) mass is 317 g/mol. The maximum absolute atomic E-state index is 12.3. The summed E-state index contributed by atoms with van der Waals surface area (Å²) in [6.07, 6.45) is 1.27. The van der Waals surface area contributed by atoms with E-state index in [-0.39, 0.29) is 11.5 Å². The van der Waals surface area contributed by atoms with Crippen molar-refractivity contribution < 1.29 is 9.90 Å². The molecule has 3 aromatic rings. The first-order valence-electron chi connectivity index (χ1n) is 7.76. The van der Waals surface area contributed by atoms with Gasteiger partial charge in [0.05, 0.1) is 0 Å². The van der Waals surface area contributed by atoms with Crippen LogP contribution in [0.4, 0.5) is 5.69 Å². The van der Waals surface area contributed by atoms with Crippen molar-refractivity contribution in [1.29, 1.82) is 0 Å². The predicted molar refractivity (Wildman–Crippen MR) is 99.7 cm³/mol. The molecule has 0 aliphatic rings. The molecular formula is C21H19NO2. The Labute approximate surface area is 141 Å². The van der Waals surface area contributed by atoms with Crippen molar-refractivity contribution in [3.63, 3.8) is 0 Å². The molecule has 24 heavy (non-hydrogen) atoms. The van der Waals surface area contributed by atoms with E-state index in [9.17, 15) is 9.90 Å². The molecule has 0 amide bonds. The first-order chi connectivity index (χ1) is 11.5. The molecule has 0 saturated heterocycles. The molecular weight excluding hydrogens is 298 g/mol. The van der Waals surface area contributed by atoms with Gasteiger partial charge in [-0.05, 0) is 41.1 Å². The smallest absolute Gasteiger partial charge is 0.189 e. The van der Waals surface area contributed by atoms with Gasteiger partial charge in [-0.3, -0.25) is 4.79 Å². The van der Waals surface area contributed by atoms with Crippen LogP contribution in [0.25, 0.3) is 16.5 Å². The normalized spacial score (nSPS) is 11.5. The van der Waals surface area contributed by atoms with Gasteiger partial charge in [-0.1, -0.05) is 36.4 Å². The Balaban J connectivity index is 1.86. The lowest BCUT2D eigenvalue weighted by atomic mass is 10.0. The van der Waals surface area contributed by atoms with Crippen LogP contribution in [0, 0.1) is 0 Å². The number of aliphatic hydroxyl groups excluding tert-OH is 1. The summed E-state index contributed by atoms with van der Waals surface area (Å²) in [6, 6.07) is 20.8. The third kappa shape index (κ3) is 3.30. The van der Waals surface area contributed by atoms with E-state index in [1.54, 1.807) is 12.1 Å². The van der Waals surface area contributed by atoms with Crippen molar-refractivity contribution in [1.82, 2.24) is 0 Å². The fraction of sp³-hybridized carbons (Fsp3) is 0.0952. The SMILES string of the molecule is CN(C)c1ccc(C(=O)/C=C(\O)c2ccc3ccccc3c2)cc1. The summed E-state index contributed by atoms with van der Waals surface area (Å²) in [5.74, 6) is -0.242. The van der Waals surface area contributed by atoms with Gasteiger partial charge < -0.3 is 10.0 Å². The zero-order valence-electron chi connectivity index (χ0n) is 13.7. The van der Waals surface area contributed by atoms with Crippen LogP contribution in [0.2, 0.25) is 0 Å². The van der Waals surface area contributed by atoms with Crippen LogP contribution < -0.4 is 4.90 Å². The number of hydrogen-bond acceptors (Lipinski definition) is 3. The van der Waals surface area contributed by atoms with E-state index in [0.29, 0.717) is 11.1 Å². The van der Waals surface area contributed by atoms with Crippen molar-refractivity contribution in [2.24, 2.45) is 0 Å². The van der Waals surface area contributed by atoms with Crippen LogP contribution in [0.1, 0.15) is 15.9 Å².